The minimum absolute atomic E-state index is 0.146. The van der Waals surface area contributed by atoms with Crippen molar-refractivity contribution < 1.29 is 14.2 Å². The highest BCUT2D eigenvalue weighted by atomic mass is 79.9. The predicted molar refractivity (Wildman–Crippen MR) is 102 cm³/mol. The van der Waals surface area contributed by atoms with Crippen LogP contribution in [0.4, 0.5) is 5.69 Å². The molecule has 1 fully saturated rings. The number of rotatable bonds is 3. The van der Waals surface area contributed by atoms with Gasteiger partial charge in [-0.25, -0.2) is 0 Å². The molecule has 2 heterocycles. The zero-order chi connectivity index (χ0) is 17.6. The molecule has 0 unspecified atom stereocenters. The summed E-state index contributed by atoms with van der Waals surface area (Å²) in [5.74, 6) is 1.86. The Morgan fingerprint density at radius 1 is 1.16 bits per heavy atom. The molecule has 3 atom stereocenters. The molecule has 5 heteroatoms. The Morgan fingerprint density at radius 3 is 2.76 bits per heavy atom. The Balaban J connectivity index is 1.78. The number of anilines is 1. The topological polar surface area (TPSA) is 39.7 Å². The summed E-state index contributed by atoms with van der Waals surface area (Å²) in [4.78, 5) is 0. The van der Waals surface area contributed by atoms with Crippen molar-refractivity contribution in [2.75, 3.05) is 26.1 Å². The number of aryl methyl sites for hydroxylation is 1. The summed E-state index contributed by atoms with van der Waals surface area (Å²) in [7, 11) is 3.32. The number of ether oxygens (including phenoxy) is 3. The van der Waals surface area contributed by atoms with Gasteiger partial charge in [0.05, 0.1) is 30.8 Å². The van der Waals surface area contributed by atoms with Crippen LogP contribution < -0.4 is 14.8 Å². The first-order valence-corrected chi connectivity index (χ1v) is 9.31. The maximum Gasteiger partial charge on any atom is 0.174 e. The molecule has 0 aromatic heterocycles. The lowest BCUT2D eigenvalue weighted by Crippen LogP contribution is -2.29. The number of hydrogen-bond donors (Lipinski definition) is 1. The summed E-state index contributed by atoms with van der Waals surface area (Å²) in [6.45, 7) is 2.93. The largest absolute Gasteiger partial charge is 0.493 e. The van der Waals surface area contributed by atoms with Crippen LogP contribution in [0.3, 0.4) is 0 Å². The van der Waals surface area contributed by atoms with Crippen molar-refractivity contribution in [1.82, 2.24) is 0 Å². The molecule has 2 aliphatic rings. The SMILES string of the molecule is COc1cc([C@@H]2Nc3ccc(C)cc3[C@H]3OCC[C@@H]32)cc(Br)c1OC. The normalized spacial score (nSPS) is 24.2. The molecule has 0 radical (unpaired) electrons. The van der Waals surface area contributed by atoms with Crippen LogP contribution in [-0.4, -0.2) is 20.8 Å². The van der Waals surface area contributed by atoms with Crippen molar-refractivity contribution in [3.8, 4) is 11.5 Å². The van der Waals surface area contributed by atoms with Crippen molar-refractivity contribution >= 4 is 21.6 Å². The second kappa shape index (κ2) is 6.54. The fourth-order valence-corrected chi connectivity index (χ4v) is 4.66. The third kappa shape index (κ3) is 2.79. The Hall–Kier alpha value is -1.72. The number of benzene rings is 2. The van der Waals surface area contributed by atoms with Gasteiger partial charge in [0.1, 0.15) is 0 Å². The van der Waals surface area contributed by atoms with E-state index in [1.807, 2.05) is 0 Å². The lowest BCUT2D eigenvalue weighted by atomic mass is 9.80. The highest BCUT2D eigenvalue weighted by molar-refractivity contribution is 9.10. The van der Waals surface area contributed by atoms with Crippen LogP contribution >= 0.6 is 15.9 Å². The van der Waals surface area contributed by atoms with E-state index in [1.165, 1.54) is 16.7 Å². The number of nitrogens with one attached hydrogen (secondary N) is 1. The number of halogens is 1. The minimum Gasteiger partial charge on any atom is -0.493 e. The Bertz CT molecular complexity index is 808. The molecule has 0 aliphatic carbocycles. The van der Waals surface area contributed by atoms with Crippen LogP contribution in [0.2, 0.25) is 0 Å². The Morgan fingerprint density at radius 2 is 2.00 bits per heavy atom. The van der Waals surface area contributed by atoms with E-state index in [0.29, 0.717) is 5.92 Å². The van der Waals surface area contributed by atoms with Gasteiger partial charge in [-0.1, -0.05) is 17.7 Å². The third-order valence-corrected chi connectivity index (χ3v) is 5.79. The summed E-state index contributed by atoms with van der Waals surface area (Å²) in [6, 6.07) is 10.9. The summed E-state index contributed by atoms with van der Waals surface area (Å²) >= 11 is 3.62. The van der Waals surface area contributed by atoms with Gasteiger partial charge in [0.2, 0.25) is 0 Å². The van der Waals surface area contributed by atoms with Crippen molar-refractivity contribution in [2.45, 2.75) is 25.5 Å². The quantitative estimate of drug-likeness (QED) is 0.780. The molecular weight excluding hydrogens is 382 g/mol. The first-order valence-electron chi connectivity index (χ1n) is 8.52. The van der Waals surface area contributed by atoms with Crippen LogP contribution in [0.1, 0.15) is 35.3 Å². The molecule has 1 N–H and O–H groups in total. The van der Waals surface area contributed by atoms with Gasteiger partial charge in [-0.3, -0.25) is 0 Å². The zero-order valence-corrected chi connectivity index (χ0v) is 16.2. The molecule has 1 saturated heterocycles. The van der Waals surface area contributed by atoms with Gasteiger partial charge < -0.3 is 19.5 Å². The van der Waals surface area contributed by atoms with E-state index in [-0.39, 0.29) is 12.1 Å². The molecule has 0 bridgehead atoms. The Labute approximate surface area is 156 Å². The lowest BCUT2D eigenvalue weighted by Gasteiger charge is -2.37. The lowest BCUT2D eigenvalue weighted by molar-refractivity contribution is 0.0828. The van der Waals surface area contributed by atoms with Gasteiger partial charge in [-0.15, -0.1) is 0 Å². The average Bonchev–Trinajstić information content (AvgIpc) is 3.10. The van der Waals surface area contributed by atoms with Crippen LogP contribution in [-0.2, 0) is 4.74 Å². The van der Waals surface area contributed by atoms with Crippen molar-refractivity contribution in [3.63, 3.8) is 0 Å². The number of fused-ring (bicyclic) bond motifs is 3. The summed E-state index contributed by atoms with van der Waals surface area (Å²) in [5.41, 5.74) is 4.88. The highest BCUT2D eigenvalue weighted by Gasteiger charge is 2.41. The third-order valence-electron chi connectivity index (χ3n) is 5.21. The maximum absolute atomic E-state index is 6.11. The molecule has 0 spiro atoms. The van der Waals surface area contributed by atoms with Crippen molar-refractivity contribution in [2.24, 2.45) is 5.92 Å². The van der Waals surface area contributed by atoms with E-state index < -0.39 is 0 Å². The van der Waals surface area contributed by atoms with Crippen LogP contribution in [0.5, 0.6) is 11.5 Å². The van der Waals surface area contributed by atoms with Crippen LogP contribution in [0.15, 0.2) is 34.8 Å². The van der Waals surface area contributed by atoms with Gasteiger partial charge in [0.15, 0.2) is 11.5 Å². The van der Waals surface area contributed by atoms with E-state index in [4.69, 9.17) is 14.2 Å². The monoisotopic (exact) mass is 403 g/mol. The summed E-state index contributed by atoms with van der Waals surface area (Å²) in [6.07, 6.45) is 1.19. The standard InChI is InChI=1S/C20H22BrNO3/c1-11-4-5-16-14(8-11)19-13(6-7-25-19)18(22-16)12-9-15(21)20(24-3)17(10-12)23-2/h4-5,8-10,13,18-19,22H,6-7H2,1-3H3/t13-,18+,19+/m1/s1. The van der Waals surface area contributed by atoms with Gasteiger partial charge in [-0.2, -0.15) is 0 Å². The summed E-state index contributed by atoms with van der Waals surface area (Å²) < 4.78 is 18.0. The molecule has 25 heavy (non-hydrogen) atoms. The minimum atomic E-state index is 0.146. The average molecular weight is 404 g/mol. The molecular formula is C20H22BrNO3. The smallest absolute Gasteiger partial charge is 0.174 e. The molecule has 4 rings (SSSR count). The molecule has 2 aromatic carbocycles. The highest BCUT2D eigenvalue weighted by Crippen LogP contribution is 2.51. The van der Waals surface area contributed by atoms with Gasteiger partial charge in [0.25, 0.3) is 0 Å². The Kier molecular flexibility index (Phi) is 4.38. The van der Waals surface area contributed by atoms with Crippen LogP contribution in [0.25, 0.3) is 0 Å². The van der Waals surface area contributed by atoms with E-state index in [0.717, 1.165) is 34.7 Å². The fraction of sp³-hybridized carbons (Fsp3) is 0.400. The second-order valence-electron chi connectivity index (χ2n) is 6.69. The summed E-state index contributed by atoms with van der Waals surface area (Å²) in [5, 5.41) is 3.73. The van der Waals surface area contributed by atoms with E-state index in [9.17, 15) is 0 Å². The van der Waals surface area contributed by atoms with Gasteiger partial charge >= 0.3 is 0 Å². The van der Waals surface area contributed by atoms with Crippen LogP contribution in [0, 0.1) is 12.8 Å². The molecule has 132 valence electrons. The number of methoxy groups -OCH3 is 2. The molecule has 2 aromatic rings. The van der Waals surface area contributed by atoms with Gasteiger partial charge in [0, 0.05) is 23.8 Å². The van der Waals surface area contributed by atoms with Crippen molar-refractivity contribution in [1.29, 1.82) is 0 Å². The predicted octanol–water partition coefficient (Wildman–Crippen LogP) is 5.02. The maximum atomic E-state index is 6.11. The second-order valence-corrected chi connectivity index (χ2v) is 7.55. The first-order chi connectivity index (χ1) is 12.1. The van der Waals surface area contributed by atoms with E-state index >= 15 is 0 Å². The molecule has 4 nitrogen and oxygen atoms in total. The molecule has 2 aliphatic heterocycles. The van der Waals surface area contributed by atoms with E-state index in [1.54, 1.807) is 14.2 Å². The molecule has 0 saturated carbocycles. The zero-order valence-electron chi connectivity index (χ0n) is 14.6. The molecule has 0 amide bonds. The van der Waals surface area contributed by atoms with Gasteiger partial charge in [-0.05, 0) is 53.0 Å². The first kappa shape index (κ1) is 16.7. The number of hydrogen-bond acceptors (Lipinski definition) is 4. The fourth-order valence-electron chi connectivity index (χ4n) is 4.04. The van der Waals surface area contributed by atoms with E-state index in [2.05, 4.69) is 58.5 Å². The van der Waals surface area contributed by atoms with Crippen molar-refractivity contribution in [3.05, 3.63) is 51.5 Å².